The van der Waals surface area contributed by atoms with Crippen LogP contribution in [0, 0.1) is 0 Å². The van der Waals surface area contributed by atoms with Crippen molar-refractivity contribution in [3.8, 4) is 22.1 Å². The summed E-state index contributed by atoms with van der Waals surface area (Å²) in [6, 6.07) is 9.96. The minimum absolute atomic E-state index is 0.0140. The number of hydrogen-bond acceptors (Lipinski definition) is 4. The van der Waals surface area contributed by atoms with E-state index in [-0.39, 0.29) is 11.5 Å². The van der Waals surface area contributed by atoms with Crippen molar-refractivity contribution in [2.45, 2.75) is 0 Å². The normalized spacial score (nSPS) is 10.9. The van der Waals surface area contributed by atoms with Crippen molar-refractivity contribution in [3.05, 3.63) is 41.4 Å². The molecule has 3 aromatic rings. The van der Waals surface area contributed by atoms with E-state index in [0.717, 1.165) is 10.2 Å². The first-order valence-electron chi connectivity index (χ1n) is 5.22. The van der Waals surface area contributed by atoms with Crippen LogP contribution in [0.25, 0.3) is 20.8 Å². The summed E-state index contributed by atoms with van der Waals surface area (Å²) in [5.41, 5.74) is 1.40. The molecule has 0 aliphatic heterocycles. The van der Waals surface area contributed by atoms with Gasteiger partial charge in [0.2, 0.25) is 0 Å². The van der Waals surface area contributed by atoms with Gasteiger partial charge < -0.3 is 10.2 Å². The maximum atomic E-state index is 9.81. The molecular weight excluding hydrogens is 270 g/mol. The van der Waals surface area contributed by atoms with Crippen LogP contribution in [0.2, 0.25) is 5.02 Å². The van der Waals surface area contributed by atoms with Crippen molar-refractivity contribution in [2.75, 3.05) is 0 Å². The standard InChI is InChI=1S/C13H8ClNO2S/c14-7-1-4-12-10(5-7)15-13(18-12)9-3-2-8(16)6-11(9)17/h1-6,16-17H. The lowest BCUT2D eigenvalue weighted by atomic mass is 10.2. The van der Waals surface area contributed by atoms with Gasteiger partial charge in [-0.15, -0.1) is 11.3 Å². The molecule has 0 aliphatic carbocycles. The summed E-state index contributed by atoms with van der Waals surface area (Å²) in [6.07, 6.45) is 0. The summed E-state index contributed by atoms with van der Waals surface area (Å²) in [6.45, 7) is 0. The molecule has 3 rings (SSSR count). The Hall–Kier alpha value is -1.78. The average Bonchev–Trinajstić information content (AvgIpc) is 2.71. The molecule has 1 heterocycles. The largest absolute Gasteiger partial charge is 0.508 e. The molecule has 3 nitrogen and oxygen atoms in total. The van der Waals surface area contributed by atoms with Crippen LogP contribution in [-0.2, 0) is 0 Å². The molecule has 1 aromatic heterocycles. The highest BCUT2D eigenvalue weighted by molar-refractivity contribution is 7.21. The van der Waals surface area contributed by atoms with Crippen molar-refractivity contribution in [1.29, 1.82) is 0 Å². The topological polar surface area (TPSA) is 53.4 Å². The summed E-state index contributed by atoms with van der Waals surface area (Å²) < 4.78 is 1.00. The number of hydrogen-bond donors (Lipinski definition) is 2. The second kappa shape index (κ2) is 4.15. The van der Waals surface area contributed by atoms with Crippen LogP contribution in [0.3, 0.4) is 0 Å². The molecule has 90 valence electrons. The number of rotatable bonds is 1. The number of fused-ring (bicyclic) bond motifs is 1. The van der Waals surface area contributed by atoms with Crippen LogP contribution >= 0.6 is 22.9 Å². The molecule has 0 unspecified atom stereocenters. The number of phenols is 2. The number of halogens is 1. The van der Waals surface area contributed by atoms with Crippen LogP contribution in [0.4, 0.5) is 0 Å². The summed E-state index contributed by atoms with van der Waals surface area (Å²) >= 11 is 7.38. The minimum Gasteiger partial charge on any atom is -0.508 e. The molecule has 0 bridgehead atoms. The maximum absolute atomic E-state index is 9.81. The fourth-order valence-electron chi connectivity index (χ4n) is 1.72. The van der Waals surface area contributed by atoms with Gasteiger partial charge in [-0.25, -0.2) is 4.98 Å². The third-order valence-corrected chi connectivity index (χ3v) is 3.87. The monoisotopic (exact) mass is 277 g/mol. The van der Waals surface area contributed by atoms with Gasteiger partial charge in [0.1, 0.15) is 16.5 Å². The zero-order valence-corrected chi connectivity index (χ0v) is 10.7. The number of benzene rings is 2. The van der Waals surface area contributed by atoms with E-state index in [1.54, 1.807) is 12.1 Å². The molecule has 0 spiro atoms. The molecule has 0 radical (unpaired) electrons. The third-order valence-electron chi connectivity index (χ3n) is 2.56. The summed E-state index contributed by atoms with van der Waals surface area (Å²) in [5, 5.41) is 20.4. The van der Waals surface area contributed by atoms with Gasteiger partial charge in [-0.3, -0.25) is 0 Å². The van der Waals surface area contributed by atoms with Crippen LogP contribution in [0.1, 0.15) is 0 Å². The van der Waals surface area contributed by atoms with E-state index in [4.69, 9.17) is 11.6 Å². The Bertz CT molecular complexity index is 739. The second-order valence-electron chi connectivity index (χ2n) is 3.83. The zero-order chi connectivity index (χ0) is 12.7. The number of nitrogens with zero attached hydrogens (tertiary/aromatic N) is 1. The van der Waals surface area contributed by atoms with Gasteiger partial charge in [0, 0.05) is 11.1 Å². The Labute approximate surface area is 112 Å². The van der Waals surface area contributed by atoms with Gasteiger partial charge in [-0.05, 0) is 30.3 Å². The third kappa shape index (κ3) is 1.89. The molecule has 2 aromatic carbocycles. The first kappa shape index (κ1) is 11.3. The maximum Gasteiger partial charge on any atom is 0.129 e. The lowest BCUT2D eigenvalue weighted by Gasteiger charge is -2.00. The highest BCUT2D eigenvalue weighted by Gasteiger charge is 2.11. The van der Waals surface area contributed by atoms with E-state index in [1.165, 1.54) is 23.5 Å². The van der Waals surface area contributed by atoms with Crippen LogP contribution < -0.4 is 0 Å². The van der Waals surface area contributed by atoms with E-state index in [0.29, 0.717) is 15.6 Å². The predicted molar refractivity (Wildman–Crippen MR) is 73.4 cm³/mol. The quantitative estimate of drug-likeness (QED) is 0.706. The van der Waals surface area contributed by atoms with Gasteiger partial charge in [0.05, 0.1) is 15.8 Å². The number of thiazole rings is 1. The fourth-order valence-corrected chi connectivity index (χ4v) is 2.86. The van der Waals surface area contributed by atoms with Crippen molar-refractivity contribution >= 4 is 33.2 Å². The van der Waals surface area contributed by atoms with Crippen LogP contribution in [0.5, 0.6) is 11.5 Å². The summed E-state index contributed by atoms with van der Waals surface area (Å²) in [4.78, 5) is 4.43. The Morgan fingerprint density at radius 2 is 1.89 bits per heavy atom. The molecule has 2 N–H and O–H groups in total. The van der Waals surface area contributed by atoms with Crippen LogP contribution in [-0.4, -0.2) is 15.2 Å². The average molecular weight is 278 g/mol. The van der Waals surface area contributed by atoms with Crippen molar-refractivity contribution < 1.29 is 10.2 Å². The van der Waals surface area contributed by atoms with E-state index in [1.807, 2.05) is 12.1 Å². The summed E-state index contributed by atoms with van der Waals surface area (Å²) in [7, 11) is 0. The molecule has 0 fully saturated rings. The highest BCUT2D eigenvalue weighted by Crippen LogP contribution is 2.37. The summed E-state index contributed by atoms with van der Waals surface area (Å²) in [5.74, 6) is 0.0422. The van der Waals surface area contributed by atoms with E-state index < -0.39 is 0 Å². The SMILES string of the molecule is Oc1ccc(-c2nc3cc(Cl)ccc3s2)c(O)c1. The minimum atomic E-state index is 0.0140. The molecule has 0 saturated heterocycles. The molecule has 18 heavy (non-hydrogen) atoms. The Kier molecular flexibility index (Phi) is 2.61. The molecule has 0 saturated carbocycles. The van der Waals surface area contributed by atoms with E-state index in [9.17, 15) is 10.2 Å². The number of aromatic hydroxyl groups is 2. The lowest BCUT2D eigenvalue weighted by molar-refractivity contribution is 0.452. The molecule has 0 aliphatic rings. The predicted octanol–water partition coefficient (Wildman–Crippen LogP) is 4.03. The molecular formula is C13H8ClNO2S. The van der Waals surface area contributed by atoms with Crippen molar-refractivity contribution in [3.63, 3.8) is 0 Å². The second-order valence-corrected chi connectivity index (χ2v) is 5.30. The molecule has 0 amide bonds. The van der Waals surface area contributed by atoms with Gasteiger partial charge in [0.15, 0.2) is 0 Å². The smallest absolute Gasteiger partial charge is 0.129 e. The fraction of sp³-hybridized carbons (Fsp3) is 0. The first-order chi connectivity index (χ1) is 8.63. The number of aromatic nitrogens is 1. The first-order valence-corrected chi connectivity index (χ1v) is 6.41. The van der Waals surface area contributed by atoms with Crippen LogP contribution in [0.15, 0.2) is 36.4 Å². The van der Waals surface area contributed by atoms with Crippen molar-refractivity contribution in [2.24, 2.45) is 0 Å². The Morgan fingerprint density at radius 3 is 2.67 bits per heavy atom. The van der Waals surface area contributed by atoms with Gasteiger partial charge >= 0.3 is 0 Å². The lowest BCUT2D eigenvalue weighted by Crippen LogP contribution is -1.77. The van der Waals surface area contributed by atoms with E-state index in [2.05, 4.69) is 4.98 Å². The Balaban J connectivity index is 2.19. The molecule has 5 heteroatoms. The van der Waals surface area contributed by atoms with Gasteiger partial charge in [-0.2, -0.15) is 0 Å². The van der Waals surface area contributed by atoms with E-state index >= 15 is 0 Å². The Morgan fingerprint density at radius 1 is 1.06 bits per heavy atom. The zero-order valence-electron chi connectivity index (χ0n) is 9.09. The highest BCUT2D eigenvalue weighted by atomic mass is 35.5. The van der Waals surface area contributed by atoms with Gasteiger partial charge in [-0.1, -0.05) is 11.6 Å². The van der Waals surface area contributed by atoms with Gasteiger partial charge in [0.25, 0.3) is 0 Å². The molecule has 0 atom stereocenters. The van der Waals surface area contributed by atoms with Crippen molar-refractivity contribution in [1.82, 2.24) is 4.98 Å². The number of phenolic OH excluding ortho intramolecular Hbond substituents is 2.